The molecule has 0 saturated carbocycles. The van der Waals surface area contributed by atoms with E-state index < -0.39 is 0 Å². The molecule has 14 aromatic rings. The van der Waals surface area contributed by atoms with Crippen LogP contribution in [0.15, 0.2) is 306 Å². The fourth-order valence-electron chi connectivity index (χ4n) is 12.0. The van der Waals surface area contributed by atoms with Crippen LogP contribution in [0.5, 0.6) is 0 Å². The summed E-state index contributed by atoms with van der Waals surface area (Å²) in [7, 11) is 0. The Morgan fingerprint density at radius 1 is 0.207 bits per heavy atom. The van der Waals surface area contributed by atoms with E-state index in [1.54, 1.807) is 0 Å². The minimum Gasteiger partial charge on any atom is -0.455 e. The van der Waals surface area contributed by atoms with Gasteiger partial charge in [0, 0.05) is 43.8 Å². The Kier molecular flexibility index (Phi) is 12.8. The van der Waals surface area contributed by atoms with Crippen LogP contribution in [0.2, 0.25) is 0 Å². The van der Waals surface area contributed by atoms with Gasteiger partial charge in [-0.1, -0.05) is 294 Å². The van der Waals surface area contributed by atoms with E-state index >= 15 is 0 Å². The second-order valence-corrected chi connectivity index (χ2v) is 22.3. The van der Waals surface area contributed by atoms with Crippen LogP contribution in [-0.4, -0.2) is 0 Å². The Bertz CT molecular complexity index is 4610. The minimum atomic E-state index is -0.0474. The minimum absolute atomic E-state index is 0.0474. The van der Waals surface area contributed by atoms with Crippen molar-refractivity contribution < 1.29 is 8.83 Å². The molecule has 0 N–H and O–H groups in total. The number of hydrogen-bond acceptors (Lipinski definition) is 2. The molecule has 0 spiro atoms. The van der Waals surface area contributed by atoms with E-state index in [4.69, 9.17) is 8.83 Å². The van der Waals surface area contributed by atoms with Gasteiger partial charge in [0.15, 0.2) is 0 Å². The van der Waals surface area contributed by atoms with Gasteiger partial charge in [0.25, 0.3) is 0 Å². The van der Waals surface area contributed by atoms with Gasteiger partial charge in [0.1, 0.15) is 23.0 Å². The topological polar surface area (TPSA) is 26.3 Å². The molecule has 82 heavy (non-hydrogen) atoms. The van der Waals surface area contributed by atoms with Gasteiger partial charge < -0.3 is 8.83 Å². The van der Waals surface area contributed by atoms with Crippen molar-refractivity contribution in [1.29, 1.82) is 0 Å². The molecule has 2 heteroatoms. The lowest BCUT2D eigenvalue weighted by Gasteiger charge is -2.21. The summed E-state index contributed by atoms with van der Waals surface area (Å²) in [6.07, 6.45) is 0. The molecule has 2 nitrogen and oxygen atoms in total. The van der Waals surface area contributed by atoms with Gasteiger partial charge in [-0.3, -0.25) is 0 Å². The molecule has 0 aliphatic heterocycles. The summed E-state index contributed by atoms with van der Waals surface area (Å²) in [5.74, 6) is 3.42. The first-order valence-electron chi connectivity index (χ1n) is 28.3. The van der Waals surface area contributed by atoms with Crippen molar-refractivity contribution in [2.75, 3.05) is 0 Å². The lowest BCUT2D eigenvalue weighted by Crippen LogP contribution is -2.11. The van der Waals surface area contributed by atoms with Gasteiger partial charge in [0.05, 0.1) is 0 Å². The van der Waals surface area contributed by atoms with Gasteiger partial charge in [-0.15, -0.1) is 0 Å². The molecule has 0 bridgehead atoms. The molecule has 0 atom stereocenters. The molecule has 0 saturated heterocycles. The maximum atomic E-state index is 7.46. The first-order chi connectivity index (χ1) is 40.3. The third-order valence-corrected chi connectivity index (χ3v) is 16.1. The third-order valence-electron chi connectivity index (χ3n) is 16.1. The zero-order chi connectivity index (χ0) is 55.2. The van der Waals surface area contributed by atoms with Crippen LogP contribution in [0.4, 0.5) is 0 Å². The molecule has 12 aromatic carbocycles. The number of rotatable bonds is 11. The molecule has 0 radical (unpaired) electrons. The predicted octanol–water partition coefficient (Wildman–Crippen LogP) is 22.8. The maximum Gasteiger partial charge on any atom is 0.143 e. The molecule has 0 unspecified atom stereocenters. The van der Waals surface area contributed by atoms with Crippen molar-refractivity contribution in [3.05, 3.63) is 303 Å². The molecule has 0 fully saturated rings. The van der Waals surface area contributed by atoms with Crippen LogP contribution >= 0.6 is 0 Å². The number of furan rings is 2. The van der Waals surface area contributed by atoms with Gasteiger partial charge in [-0.2, -0.15) is 0 Å². The fourth-order valence-corrected chi connectivity index (χ4v) is 12.0. The number of fused-ring (bicyclic) bond motifs is 2. The van der Waals surface area contributed by atoms with Crippen molar-refractivity contribution in [2.45, 2.75) is 26.2 Å². The van der Waals surface area contributed by atoms with E-state index in [-0.39, 0.29) is 5.41 Å². The summed E-state index contributed by atoms with van der Waals surface area (Å²) in [5, 5.41) is 4.30. The van der Waals surface area contributed by atoms with Gasteiger partial charge in [-0.25, -0.2) is 0 Å². The zero-order valence-corrected chi connectivity index (χ0v) is 46.1. The van der Waals surface area contributed by atoms with Crippen LogP contribution < -0.4 is 0 Å². The van der Waals surface area contributed by atoms with Crippen molar-refractivity contribution in [1.82, 2.24) is 0 Å². The summed E-state index contributed by atoms with van der Waals surface area (Å²) < 4.78 is 14.7. The molecule has 2 aromatic heterocycles. The molecule has 0 amide bonds. The monoisotopic (exact) mass is 1050 g/mol. The van der Waals surface area contributed by atoms with Crippen molar-refractivity contribution >= 4 is 21.5 Å². The highest BCUT2D eigenvalue weighted by Gasteiger charge is 2.27. The molecule has 2 heterocycles. The van der Waals surface area contributed by atoms with Crippen LogP contribution in [0, 0.1) is 0 Å². The Balaban J connectivity index is 0.899. The van der Waals surface area contributed by atoms with E-state index in [1.165, 1.54) is 5.56 Å². The molecule has 0 aliphatic rings. The molecular formula is C80H58O2. The van der Waals surface area contributed by atoms with Gasteiger partial charge >= 0.3 is 0 Å². The smallest absolute Gasteiger partial charge is 0.143 e. The van der Waals surface area contributed by atoms with Gasteiger partial charge in [0.2, 0.25) is 0 Å². The molecule has 0 aliphatic carbocycles. The van der Waals surface area contributed by atoms with Crippen LogP contribution in [0.25, 0.3) is 145 Å². The first-order valence-corrected chi connectivity index (χ1v) is 28.3. The molecule has 390 valence electrons. The summed E-state index contributed by atoms with van der Waals surface area (Å²) in [5.41, 5.74) is 21.1. The zero-order valence-electron chi connectivity index (χ0n) is 46.1. The highest BCUT2D eigenvalue weighted by atomic mass is 16.3. The first kappa shape index (κ1) is 50.0. The van der Waals surface area contributed by atoms with E-state index in [0.717, 1.165) is 145 Å². The SMILES string of the molecule is CC(C)(C)c1ccc(-c2ccccc2)c(-c2oc(-c3ccccc3-c3ccc(-c4cccc(-c5cc(-c6ccccc6)cc(-c6ccccc6)c5-c5oc(-c6ccccc6-c6ccccc6)c6ccccc56)c4)cc3)c3ccccc23)c1. The van der Waals surface area contributed by atoms with E-state index in [1.807, 2.05) is 0 Å². The average molecular weight is 1050 g/mol. The quantitative estimate of drug-likeness (QED) is 0.129. The van der Waals surface area contributed by atoms with E-state index in [0.29, 0.717) is 0 Å². The highest BCUT2D eigenvalue weighted by molar-refractivity contribution is 6.10. The van der Waals surface area contributed by atoms with Crippen LogP contribution in [0.3, 0.4) is 0 Å². The van der Waals surface area contributed by atoms with Crippen molar-refractivity contribution in [2.24, 2.45) is 0 Å². The summed E-state index contributed by atoms with van der Waals surface area (Å²) in [6.45, 7) is 6.81. The standard InChI is InChI=1S/C80H58O2/c1-80(2,3)62-47-48-65(56-29-12-6-13-30-56)74(52-62)78-69-40-21-20-39-68(69)76(81-78)67-38-19-17-36-64(67)58-45-43-54(44-46-58)59-33-24-34-60(49-59)73-51-61(53-25-8-4-9-26-53)50-72(57-31-14-7-15-32-57)75(73)79-71-42-23-22-41-70(71)77(82-79)66-37-18-16-35-63(66)55-27-10-5-11-28-55/h4-52H,1-3H3. The second-order valence-electron chi connectivity index (χ2n) is 22.3. The summed E-state index contributed by atoms with van der Waals surface area (Å²) >= 11 is 0. The lowest BCUT2D eigenvalue weighted by molar-refractivity contribution is 0.587. The maximum absolute atomic E-state index is 7.46. The van der Waals surface area contributed by atoms with E-state index in [9.17, 15) is 0 Å². The summed E-state index contributed by atoms with van der Waals surface area (Å²) in [4.78, 5) is 0. The molecular weight excluding hydrogens is 993 g/mol. The Morgan fingerprint density at radius 2 is 0.549 bits per heavy atom. The normalized spacial score (nSPS) is 11.6. The van der Waals surface area contributed by atoms with Crippen LogP contribution in [0.1, 0.15) is 26.3 Å². The number of benzene rings is 12. The fraction of sp³-hybridized carbons (Fsp3) is 0.0500. The molecule has 14 rings (SSSR count). The van der Waals surface area contributed by atoms with Gasteiger partial charge in [-0.05, 0) is 113 Å². The Labute approximate surface area is 479 Å². The summed E-state index contributed by atoms with van der Waals surface area (Å²) in [6, 6.07) is 107. The predicted molar refractivity (Wildman–Crippen MR) is 344 cm³/mol. The number of hydrogen-bond donors (Lipinski definition) is 0. The van der Waals surface area contributed by atoms with Crippen molar-refractivity contribution in [3.8, 4) is 123 Å². The Morgan fingerprint density at radius 3 is 1.06 bits per heavy atom. The average Bonchev–Trinajstić information content (AvgIpc) is 4.31. The Hall–Kier alpha value is -10.3. The third kappa shape index (κ3) is 9.24. The van der Waals surface area contributed by atoms with Crippen molar-refractivity contribution in [3.63, 3.8) is 0 Å². The lowest BCUT2D eigenvalue weighted by atomic mass is 9.83. The van der Waals surface area contributed by atoms with Crippen LogP contribution in [-0.2, 0) is 5.41 Å². The largest absolute Gasteiger partial charge is 0.455 e. The highest BCUT2D eigenvalue weighted by Crippen LogP contribution is 2.51. The second kappa shape index (κ2) is 21.1. The van der Waals surface area contributed by atoms with E-state index in [2.05, 4.69) is 318 Å².